The molecular weight excluding hydrogens is 304 g/mol. The number of carbonyl (C=O) groups excluding carboxylic acids is 1. The summed E-state index contributed by atoms with van der Waals surface area (Å²) in [7, 11) is 1.26. The molecule has 2 aromatic rings. The molecule has 0 amide bonds. The van der Waals surface area contributed by atoms with Crippen LogP contribution < -0.4 is 10.5 Å². The van der Waals surface area contributed by atoms with Gasteiger partial charge in [0, 0.05) is 17.7 Å². The Kier molecular flexibility index (Phi) is 5.13. The summed E-state index contributed by atoms with van der Waals surface area (Å²) in [6.07, 6.45) is 0.466. The van der Waals surface area contributed by atoms with Crippen molar-refractivity contribution in [3.63, 3.8) is 0 Å². The van der Waals surface area contributed by atoms with Crippen LogP contribution in [0.25, 0.3) is 0 Å². The van der Waals surface area contributed by atoms with Crippen molar-refractivity contribution in [2.24, 2.45) is 0 Å². The highest BCUT2D eigenvalue weighted by atomic mass is 32.2. The zero-order valence-corrected chi connectivity index (χ0v) is 12.7. The Morgan fingerprint density at radius 1 is 1.32 bits per heavy atom. The first-order valence-electron chi connectivity index (χ1n) is 6.43. The molecule has 6 nitrogen and oxygen atoms in total. The van der Waals surface area contributed by atoms with Gasteiger partial charge in [-0.2, -0.15) is 0 Å². The molecule has 0 aliphatic carbocycles. The van der Waals surface area contributed by atoms with Gasteiger partial charge >= 0.3 is 5.97 Å². The molecule has 0 radical (unpaired) electrons. The number of carbonyl (C=O) groups is 1. The van der Waals surface area contributed by atoms with Crippen LogP contribution in [0.2, 0.25) is 0 Å². The minimum atomic E-state index is -2.27. The second-order valence-electron chi connectivity index (χ2n) is 4.60. The molecule has 2 aromatic carbocycles. The number of hydrogen-bond donors (Lipinski definition) is 3. The van der Waals surface area contributed by atoms with E-state index in [-0.39, 0.29) is 5.56 Å². The highest BCUT2D eigenvalue weighted by Crippen LogP contribution is 2.28. The monoisotopic (exact) mass is 320 g/mol. The molecule has 22 heavy (non-hydrogen) atoms. The van der Waals surface area contributed by atoms with E-state index in [0.717, 1.165) is 5.56 Å². The molecule has 0 aromatic heterocycles. The van der Waals surface area contributed by atoms with Gasteiger partial charge < -0.3 is 10.5 Å². The smallest absolute Gasteiger partial charge is 0.337 e. The fraction of sp³-hybridized carbons (Fsp3) is 0.133. The summed E-state index contributed by atoms with van der Waals surface area (Å²) in [6.45, 7) is 0. The van der Waals surface area contributed by atoms with Gasteiger partial charge in [-0.05, 0) is 17.7 Å². The molecule has 1 unspecified atom stereocenters. The number of nitrogens with two attached hydrogens (primary N) is 1. The lowest BCUT2D eigenvalue weighted by Crippen LogP contribution is -2.11. The van der Waals surface area contributed by atoms with E-state index in [1.54, 1.807) is 0 Å². The van der Waals surface area contributed by atoms with Gasteiger partial charge in [-0.15, -0.1) is 0 Å². The number of rotatable bonds is 5. The summed E-state index contributed by atoms with van der Waals surface area (Å²) in [5.41, 5.74) is 8.53. The first kappa shape index (κ1) is 16.0. The molecule has 1 atom stereocenters. The van der Waals surface area contributed by atoms with Crippen molar-refractivity contribution in [1.29, 1.82) is 0 Å². The molecule has 0 fully saturated rings. The van der Waals surface area contributed by atoms with Crippen LogP contribution in [0.15, 0.2) is 42.5 Å². The molecule has 116 valence electrons. The Hall–Kier alpha value is -2.38. The van der Waals surface area contributed by atoms with Gasteiger partial charge in [-0.3, -0.25) is 9.27 Å². The highest BCUT2D eigenvalue weighted by molar-refractivity contribution is 7.80. The Bertz CT molecular complexity index is 704. The maximum absolute atomic E-state index is 11.6. The predicted octanol–water partition coefficient (Wildman–Crippen LogP) is 2.19. The van der Waals surface area contributed by atoms with Crippen molar-refractivity contribution >= 4 is 28.6 Å². The molecule has 7 heteroatoms. The van der Waals surface area contributed by atoms with Crippen LogP contribution in [-0.2, 0) is 22.4 Å². The number of nitrogen functional groups attached to an aromatic ring is 1. The second-order valence-corrected chi connectivity index (χ2v) is 5.30. The van der Waals surface area contributed by atoms with Gasteiger partial charge in [0.05, 0.1) is 18.4 Å². The van der Waals surface area contributed by atoms with Crippen molar-refractivity contribution in [1.82, 2.24) is 0 Å². The van der Waals surface area contributed by atoms with Crippen molar-refractivity contribution in [3.8, 4) is 0 Å². The van der Waals surface area contributed by atoms with Crippen molar-refractivity contribution < 1.29 is 18.3 Å². The van der Waals surface area contributed by atoms with E-state index in [0.29, 0.717) is 23.4 Å². The maximum atomic E-state index is 11.6. The van der Waals surface area contributed by atoms with Crippen molar-refractivity contribution in [2.75, 3.05) is 17.6 Å². The molecule has 0 aliphatic heterocycles. The highest BCUT2D eigenvalue weighted by Gasteiger charge is 2.15. The topological polar surface area (TPSA) is 102 Å². The lowest BCUT2D eigenvalue weighted by molar-refractivity contribution is 0.0601. The van der Waals surface area contributed by atoms with E-state index >= 15 is 0 Å². The van der Waals surface area contributed by atoms with E-state index in [1.165, 1.54) is 19.2 Å². The molecule has 0 saturated carbocycles. The number of ether oxygens (including phenoxy) is 1. The Balaban J connectivity index is 2.46. The zero-order valence-electron chi connectivity index (χ0n) is 11.9. The van der Waals surface area contributed by atoms with Gasteiger partial charge in [-0.1, -0.05) is 30.3 Å². The zero-order chi connectivity index (χ0) is 16.1. The van der Waals surface area contributed by atoms with Crippen LogP contribution in [0.3, 0.4) is 0 Å². The van der Waals surface area contributed by atoms with Crippen LogP contribution in [0, 0.1) is 0 Å². The summed E-state index contributed by atoms with van der Waals surface area (Å²) < 4.78 is 27.2. The molecule has 0 aliphatic rings. The number of nitrogens with one attached hydrogen (secondary N) is 1. The molecule has 4 N–H and O–H groups in total. The quantitative estimate of drug-likeness (QED) is 0.445. The first-order valence-corrected chi connectivity index (χ1v) is 7.54. The normalized spacial score (nSPS) is 11.7. The molecule has 0 heterocycles. The van der Waals surface area contributed by atoms with E-state index in [4.69, 9.17) is 10.3 Å². The minimum Gasteiger partial charge on any atom is -0.465 e. The predicted molar refractivity (Wildman–Crippen MR) is 85.8 cm³/mol. The number of anilines is 2. The number of benzene rings is 2. The standard InChI is InChI=1S/C15H16N2O4S/c1-21-15(18)11-8-13(16)12(14(9-11)17-22(19)20)7-10-5-3-2-4-6-10/h2-6,8-9,17H,7,16H2,1H3,(H,19,20). The molecule has 0 saturated heterocycles. The lowest BCUT2D eigenvalue weighted by Gasteiger charge is -2.14. The van der Waals surface area contributed by atoms with Gasteiger partial charge in [0.15, 0.2) is 0 Å². The van der Waals surface area contributed by atoms with Gasteiger partial charge in [-0.25, -0.2) is 9.00 Å². The van der Waals surface area contributed by atoms with E-state index < -0.39 is 17.2 Å². The third-order valence-corrected chi connectivity index (χ3v) is 3.52. The van der Waals surface area contributed by atoms with Gasteiger partial charge in [0.25, 0.3) is 11.3 Å². The molecule has 2 rings (SSSR count). The van der Waals surface area contributed by atoms with Crippen LogP contribution >= 0.6 is 0 Å². The molecule has 0 bridgehead atoms. The Morgan fingerprint density at radius 2 is 2.00 bits per heavy atom. The molecule has 0 spiro atoms. The number of hydrogen-bond acceptors (Lipinski definition) is 4. The van der Waals surface area contributed by atoms with Crippen LogP contribution in [0.4, 0.5) is 11.4 Å². The van der Waals surface area contributed by atoms with Gasteiger partial charge in [0.2, 0.25) is 0 Å². The average molecular weight is 320 g/mol. The lowest BCUT2D eigenvalue weighted by atomic mass is 9.99. The van der Waals surface area contributed by atoms with Crippen molar-refractivity contribution in [2.45, 2.75) is 6.42 Å². The minimum absolute atomic E-state index is 0.213. The average Bonchev–Trinajstić information content (AvgIpc) is 2.50. The summed E-state index contributed by atoms with van der Waals surface area (Å²) in [6, 6.07) is 12.5. The molecular formula is C15H16N2O4S. The summed E-state index contributed by atoms with van der Waals surface area (Å²) in [4.78, 5) is 11.6. The fourth-order valence-corrected chi connectivity index (χ4v) is 2.48. The van der Waals surface area contributed by atoms with E-state index in [1.807, 2.05) is 30.3 Å². The van der Waals surface area contributed by atoms with Crippen LogP contribution in [0.5, 0.6) is 0 Å². The van der Waals surface area contributed by atoms with Gasteiger partial charge in [0.1, 0.15) is 0 Å². The maximum Gasteiger partial charge on any atom is 0.337 e. The number of methoxy groups -OCH3 is 1. The Labute approximate surface area is 130 Å². The van der Waals surface area contributed by atoms with Crippen LogP contribution in [-0.4, -0.2) is 21.8 Å². The first-order chi connectivity index (χ1) is 10.5. The van der Waals surface area contributed by atoms with Crippen LogP contribution in [0.1, 0.15) is 21.5 Å². The number of esters is 1. The third-order valence-electron chi connectivity index (χ3n) is 3.13. The SMILES string of the molecule is COC(=O)c1cc(N)c(Cc2ccccc2)c(NS(=O)O)c1. The second kappa shape index (κ2) is 7.06. The summed E-state index contributed by atoms with van der Waals surface area (Å²) in [5.74, 6) is -0.565. The largest absolute Gasteiger partial charge is 0.465 e. The van der Waals surface area contributed by atoms with E-state index in [2.05, 4.69) is 9.46 Å². The van der Waals surface area contributed by atoms with E-state index in [9.17, 15) is 9.00 Å². The summed E-state index contributed by atoms with van der Waals surface area (Å²) in [5, 5.41) is 0. The third kappa shape index (κ3) is 3.84. The fourth-order valence-electron chi connectivity index (χ4n) is 2.11. The summed E-state index contributed by atoms with van der Waals surface area (Å²) >= 11 is -2.27. The Morgan fingerprint density at radius 3 is 2.59 bits per heavy atom. The van der Waals surface area contributed by atoms with Crippen molar-refractivity contribution in [3.05, 3.63) is 59.2 Å².